The van der Waals surface area contributed by atoms with Gasteiger partial charge in [-0.15, -0.1) is 0 Å². The van der Waals surface area contributed by atoms with Crippen LogP contribution in [-0.4, -0.2) is 25.2 Å². The minimum atomic E-state index is -3.89. The molecule has 0 saturated heterocycles. The van der Waals surface area contributed by atoms with E-state index in [9.17, 15) is 13.2 Å². The molecule has 2 N–H and O–H groups in total. The summed E-state index contributed by atoms with van der Waals surface area (Å²) in [6.45, 7) is 0. The van der Waals surface area contributed by atoms with Gasteiger partial charge in [0, 0.05) is 8.95 Å². The van der Waals surface area contributed by atoms with E-state index in [4.69, 9.17) is 5.11 Å². The highest BCUT2D eigenvalue weighted by atomic mass is 79.9. The highest BCUT2D eigenvalue weighted by Gasteiger charge is 2.18. The lowest BCUT2D eigenvalue weighted by Crippen LogP contribution is -2.22. The van der Waals surface area contributed by atoms with Crippen molar-refractivity contribution < 1.29 is 18.3 Å². The molecule has 0 aliphatic carbocycles. The van der Waals surface area contributed by atoms with Crippen LogP contribution in [0.4, 0.5) is 5.69 Å². The maximum Gasteiger partial charge on any atom is 0.320 e. The number of carboxylic acids is 1. The molecule has 0 aliphatic heterocycles. The fraction of sp³-hybridized carbons (Fsp3) is 0.125. The summed E-state index contributed by atoms with van der Waals surface area (Å²) in [6.07, 6.45) is 0. The maximum atomic E-state index is 11.4. The Morgan fingerprint density at radius 1 is 1.31 bits per heavy atom. The molecule has 5 nitrogen and oxygen atoms in total. The van der Waals surface area contributed by atoms with E-state index in [2.05, 4.69) is 36.6 Å². The van der Waals surface area contributed by atoms with Gasteiger partial charge in [-0.05, 0) is 44.0 Å². The molecule has 0 radical (unpaired) electrons. The Hall–Kier alpha value is -0.600. The number of rotatable bonds is 4. The number of benzene rings is 1. The quantitative estimate of drug-likeness (QED) is 0.847. The number of hydrogen-bond donors (Lipinski definition) is 2. The van der Waals surface area contributed by atoms with Gasteiger partial charge in [0.15, 0.2) is 5.75 Å². The van der Waals surface area contributed by atoms with E-state index in [0.717, 1.165) is 0 Å². The SMILES string of the molecule is O=C(O)CS(=O)(=O)Nc1c(Br)cccc1Br. The van der Waals surface area contributed by atoms with Crippen molar-refractivity contribution >= 4 is 53.5 Å². The van der Waals surface area contributed by atoms with Gasteiger partial charge in [0.05, 0.1) is 5.69 Å². The molecule has 16 heavy (non-hydrogen) atoms. The molecule has 0 heterocycles. The molecule has 8 heteroatoms. The normalized spacial score (nSPS) is 11.1. The third-order valence-electron chi connectivity index (χ3n) is 1.53. The first kappa shape index (κ1) is 13.5. The van der Waals surface area contributed by atoms with E-state index in [1.54, 1.807) is 18.2 Å². The Bertz CT molecular complexity index is 495. The van der Waals surface area contributed by atoms with Gasteiger partial charge >= 0.3 is 5.97 Å². The van der Waals surface area contributed by atoms with Crippen LogP contribution in [0.5, 0.6) is 0 Å². The fourth-order valence-electron chi connectivity index (χ4n) is 0.949. The number of carbonyl (C=O) groups is 1. The summed E-state index contributed by atoms with van der Waals surface area (Å²) >= 11 is 6.32. The number of carboxylic acid groups (broad SMARTS) is 1. The minimum Gasteiger partial charge on any atom is -0.480 e. The monoisotopic (exact) mass is 371 g/mol. The van der Waals surface area contributed by atoms with Gasteiger partial charge in [0.1, 0.15) is 0 Å². The molecular formula is C8H7Br2NO4S. The zero-order valence-electron chi connectivity index (χ0n) is 7.78. The molecule has 0 bridgehead atoms. The lowest BCUT2D eigenvalue weighted by atomic mass is 10.3. The number of nitrogens with one attached hydrogen (secondary N) is 1. The second-order valence-corrected chi connectivity index (χ2v) is 6.28. The van der Waals surface area contributed by atoms with Crippen molar-refractivity contribution in [3.8, 4) is 0 Å². The van der Waals surface area contributed by atoms with Crippen molar-refractivity contribution in [1.82, 2.24) is 0 Å². The van der Waals surface area contributed by atoms with E-state index < -0.39 is 21.7 Å². The predicted molar refractivity (Wildman–Crippen MR) is 66.9 cm³/mol. The standard InChI is InChI=1S/C8H7Br2NO4S/c9-5-2-1-3-6(10)8(5)11-16(14,15)4-7(12)13/h1-3,11H,4H2,(H,12,13). The summed E-state index contributed by atoms with van der Waals surface area (Å²) < 4.78 is 26.0. The molecule has 0 saturated carbocycles. The first-order valence-electron chi connectivity index (χ1n) is 3.98. The molecule has 0 aliphatic rings. The first-order chi connectivity index (χ1) is 7.32. The molecule has 0 aromatic heterocycles. The number of aliphatic carboxylic acids is 1. The molecule has 0 amide bonds. The topological polar surface area (TPSA) is 83.5 Å². The van der Waals surface area contributed by atoms with E-state index in [1.807, 2.05) is 0 Å². The van der Waals surface area contributed by atoms with Crippen molar-refractivity contribution in [2.75, 3.05) is 10.5 Å². The second-order valence-electron chi connectivity index (χ2n) is 2.85. The predicted octanol–water partition coefficient (Wildman–Crippen LogP) is 2.04. The van der Waals surface area contributed by atoms with Crippen LogP contribution in [0.15, 0.2) is 27.1 Å². The first-order valence-corrected chi connectivity index (χ1v) is 7.22. The van der Waals surface area contributed by atoms with Crippen LogP contribution in [0.3, 0.4) is 0 Å². The van der Waals surface area contributed by atoms with Crippen LogP contribution in [0.25, 0.3) is 0 Å². The average molecular weight is 373 g/mol. The number of sulfonamides is 1. The molecular weight excluding hydrogens is 366 g/mol. The highest BCUT2D eigenvalue weighted by molar-refractivity contribution is 9.11. The van der Waals surface area contributed by atoms with Gasteiger partial charge in [-0.3, -0.25) is 9.52 Å². The van der Waals surface area contributed by atoms with Crippen molar-refractivity contribution in [2.45, 2.75) is 0 Å². The number of hydrogen-bond acceptors (Lipinski definition) is 3. The van der Waals surface area contributed by atoms with Gasteiger partial charge in [0.2, 0.25) is 10.0 Å². The Balaban J connectivity index is 3.01. The largest absolute Gasteiger partial charge is 0.480 e. The smallest absolute Gasteiger partial charge is 0.320 e. The molecule has 0 unspecified atom stereocenters. The van der Waals surface area contributed by atoms with Gasteiger partial charge in [0.25, 0.3) is 0 Å². The van der Waals surface area contributed by atoms with Crippen LogP contribution < -0.4 is 4.72 Å². The minimum absolute atomic E-state index is 0.281. The van der Waals surface area contributed by atoms with Crippen molar-refractivity contribution in [3.63, 3.8) is 0 Å². The number of para-hydroxylation sites is 1. The Kier molecular flexibility index (Phi) is 4.34. The van der Waals surface area contributed by atoms with Crippen LogP contribution in [0, 0.1) is 0 Å². The van der Waals surface area contributed by atoms with Crippen LogP contribution in [0.1, 0.15) is 0 Å². The molecule has 1 rings (SSSR count). The summed E-state index contributed by atoms with van der Waals surface area (Å²) in [5.41, 5.74) is 0.281. The lowest BCUT2D eigenvalue weighted by Gasteiger charge is -2.09. The van der Waals surface area contributed by atoms with Crippen molar-refractivity contribution in [2.24, 2.45) is 0 Å². The Morgan fingerprint density at radius 2 is 1.81 bits per heavy atom. The summed E-state index contributed by atoms with van der Waals surface area (Å²) in [6, 6.07) is 5.00. The molecule has 88 valence electrons. The van der Waals surface area contributed by atoms with Gasteiger partial charge in [-0.2, -0.15) is 0 Å². The van der Waals surface area contributed by atoms with E-state index in [0.29, 0.717) is 8.95 Å². The molecule has 0 spiro atoms. The van der Waals surface area contributed by atoms with Crippen LogP contribution >= 0.6 is 31.9 Å². The average Bonchev–Trinajstić information content (AvgIpc) is 2.09. The van der Waals surface area contributed by atoms with Gasteiger partial charge in [-0.25, -0.2) is 8.42 Å². The Morgan fingerprint density at radius 3 is 2.25 bits per heavy atom. The van der Waals surface area contributed by atoms with Crippen molar-refractivity contribution in [3.05, 3.63) is 27.1 Å². The highest BCUT2D eigenvalue weighted by Crippen LogP contribution is 2.31. The third-order valence-corrected chi connectivity index (χ3v) is 4.00. The van der Waals surface area contributed by atoms with E-state index in [-0.39, 0.29) is 5.69 Å². The summed E-state index contributed by atoms with van der Waals surface area (Å²) in [5, 5.41) is 8.42. The fourth-order valence-corrected chi connectivity index (χ4v) is 3.34. The molecule has 0 atom stereocenters. The van der Waals surface area contributed by atoms with Crippen LogP contribution in [-0.2, 0) is 14.8 Å². The Labute approximate surface area is 109 Å². The summed E-state index contributed by atoms with van der Waals surface area (Å²) in [4.78, 5) is 10.3. The molecule has 1 aromatic carbocycles. The second kappa shape index (κ2) is 5.15. The lowest BCUT2D eigenvalue weighted by molar-refractivity contribution is -0.134. The third kappa shape index (κ3) is 3.76. The molecule has 1 aromatic rings. The van der Waals surface area contributed by atoms with E-state index in [1.165, 1.54) is 0 Å². The maximum absolute atomic E-state index is 11.4. The summed E-state index contributed by atoms with van der Waals surface area (Å²) in [7, 11) is -3.89. The van der Waals surface area contributed by atoms with Crippen LogP contribution in [0.2, 0.25) is 0 Å². The zero-order valence-corrected chi connectivity index (χ0v) is 11.8. The number of anilines is 1. The van der Waals surface area contributed by atoms with E-state index >= 15 is 0 Å². The summed E-state index contributed by atoms with van der Waals surface area (Å²) in [5.74, 6) is -2.38. The van der Waals surface area contributed by atoms with Crippen molar-refractivity contribution in [1.29, 1.82) is 0 Å². The van der Waals surface area contributed by atoms with Gasteiger partial charge in [-0.1, -0.05) is 6.07 Å². The zero-order chi connectivity index (χ0) is 12.3. The number of halogens is 2. The molecule has 0 fully saturated rings. The van der Waals surface area contributed by atoms with Gasteiger partial charge < -0.3 is 5.11 Å².